The zero-order chi connectivity index (χ0) is 19.9. The van der Waals surface area contributed by atoms with Crippen molar-refractivity contribution in [3.8, 4) is 5.75 Å². The summed E-state index contributed by atoms with van der Waals surface area (Å²) in [5.41, 5.74) is 2.17. The van der Waals surface area contributed by atoms with Crippen molar-refractivity contribution >= 4 is 21.8 Å². The maximum Gasteiger partial charge on any atom is 0.273 e. The highest BCUT2D eigenvalue weighted by Gasteiger charge is 2.18. The van der Waals surface area contributed by atoms with Gasteiger partial charge in [0.1, 0.15) is 12.4 Å². The molecule has 0 bridgehead atoms. The van der Waals surface area contributed by atoms with Crippen molar-refractivity contribution in [2.75, 3.05) is 33.4 Å². The van der Waals surface area contributed by atoms with Crippen LogP contribution in [0.5, 0.6) is 5.75 Å². The summed E-state index contributed by atoms with van der Waals surface area (Å²) in [5.74, 6) is 0.588. The van der Waals surface area contributed by atoms with E-state index in [0.717, 1.165) is 49.6 Å². The van der Waals surface area contributed by atoms with Crippen LogP contribution in [0.1, 0.15) is 34.6 Å². The van der Waals surface area contributed by atoms with Gasteiger partial charge in [0.05, 0.1) is 4.47 Å². The summed E-state index contributed by atoms with van der Waals surface area (Å²) in [4.78, 5) is 14.6. The number of ether oxygens (including phenoxy) is 2. The number of carbonyl (C=O) groups is 1. The van der Waals surface area contributed by atoms with E-state index in [-0.39, 0.29) is 5.91 Å². The standard InChI is InChI=1S/C20H27BrN4O3/c1-14-18(21)19(24-23-14)20(26)22-13-15-4-3-5-17(12-15)28-11-8-25(2)16-6-9-27-10-7-16/h3-5,12,16H,6-11,13H2,1-2H3,(H,22,26)(H,23,24). The molecule has 1 saturated heterocycles. The van der Waals surface area contributed by atoms with Crippen LogP contribution in [0.4, 0.5) is 0 Å². The molecule has 1 aliphatic heterocycles. The number of nitrogens with one attached hydrogen (secondary N) is 2. The first-order valence-corrected chi connectivity index (χ1v) is 10.3. The van der Waals surface area contributed by atoms with Crippen molar-refractivity contribution in [1.29, 1.82) is 0 Å². The van der Waals surface area contributed by atoms with Gasteiger partial charge in [-0.25, -0.2) is 0 Å². The van der Waals surface area contributed by atoms with Crippen molar-refractivity contribution in [2.45, 2.75) is 32.4 Å². The van der Waals surface area contributed by atoms with Crippen LogP contribution in [0.2, 0.25) is 0 Å². The fraction of sp³-hybridized carbons (Fsp3) is 0.500. The Bertz CT molecular complexity index is 790. The highest BCUT2D eigenvalue weighted by Crippen LogP contribution is 2.18. The Labute approximate surface area is 173 Å². The van der Waals surface area contributed by atoms with Gasteiger partial charge >= 0.3 is 0 Å². The topological polar surface area (TPSA) is 79.5 Å². The molecule has 3 rings (SSSR count). The predicted molar refractivity (Wildman–Crippen MR) is 111 cm³/mol. The number of aromatic amines is 1. The van der Waals surface area contributed by atoms with E-state index < -0.39 is 0 Å². The molecule has 1 aromatic carbocycles. The first-order valence-electron chi connectivity index (χ1n) is 9.53. The Hall–Kier alpha value is -1.90. The number of nitrogens with zero attached hydrogens (tertiary/aromatic N) is 2. The molecule has 0 spiro atoms. The highest BCUT2D eigenvalue weighted by atomic mass is 79.9. The summed E-state index contributed by atoms with van der Waals surface area (Å²) in [7, 11) is 2.14. The maximum atomic E-state index is 12.3. The van der Waals surface area contributed by atoms with E-state index in [9.17, 15) is 4.79 Å². The molecule has 1 aliphatic rings. The molecule has 0 unspecified atom stereocenters. The summed E-state index contributed by atoms with van der Waals surface area (Å²) < 4.78 is 12.0. The molecule has 0 saturated carbocycles. The van der Waals surface area contributed by atoms with E-state index in [0.29, 0.717) is 29.4 Å². The number of H-pyrrole nitrogens is 1. The van der Waals surface area contributed by atoms with Gasteiger partial charge in [0, 0.05) is 38.0 Å². The molecule has 2 N–H and O–H groups in total. The van der Waals surface area contributed by atoms with Crippen LogP contribution in [0.25, 0.3) is 0 Å². The largest absolute Gasteiger partial charge is 0.492 e. The van der Waals surface area contributed by atoms with Gasteiger partial charge in [-0.05, 0) is 60.4 Å². The van der Waals surface area contributed by atoms with Gasteiger partial charge < -0.3 is 14.8 Å². The Balaban J connectivity index is 1.45. The van der Waals surface area contributed by atoms with Crippen LogP contribution in [-0.4, -0.2) is 60.5 Å². The molecule has 2 heterocycles. The number of benzene rings is 1. The molecular formula is C20H27BrN4O3. The fourth-order valence-electron chi connectivity index (χ4n) is 3.19. The third-order valence-electron chi connectivity index (χ3n) is 4.97. The summed E-state index contributed by atoms with van der Waals surface area (Å²) in [6, 6.07) is 8.37. The molecule has 1 aromatic heterocycles. The van der Waals surface area contributed by atoms with Gasteiger partial charge in [0.2, 0.25) is 0 Å². The fourth-order valence-corrected chi connectivity index (χ4v) is 3.55. The second-order valence-electron chi connectivity index (χ2n) is 7.01. The van der Waals surface area contributed by atoms with Gasteiger partial charge in [0.25, 0.3) is 5.91 Å². The minimum atomic E-state index is -0.222. The molecule has 0 aliphatic carbocycles. The van der Waals surface area contributed by atoms with Gasteiger partial charge in [0.15, 0.2) is 5.69 Å². The Kier molecular flexibility index (Phi) is 7.47. The Morgan fingerprint density at radius 1 is 1.43 bits per heavy atom. The van der Waals surface area contributed by atoms with Crippen molar-refractivity contribution < 1.29 is 14.3 Å². The Morgan fingerprint density at radius 2 is 2.21 bits per heavy atom. The van der Waals surface area contributed by atoms with Crippen LogP contribution in [-0.2, 0) is 11.3 Å². The number of amides is 1. The van der Waals surface area contributed by atoms with Gasteiger partial charge in [-0.3, -0.25) is 14.8 Å². The summed E-state index contributed by atoms with van der Waals surface area (Å²) in [6.07, 6.45) is 2.16. The molecule has 0 atom stereocenters. The smallest absolute Gasteiger partial charge is 0.273 e. The highest BCUT2D eigenvalue weighted by molar-refractivity contribution is 9.10. The molecule has 0 radical (unpaired) electrons. The molecule has 8 heteroatoms. The molecule has 1 amide bonds. The normalized spacial score (nSPS) is 15.0. The zero-order valence-electron chi connectivity index (χ0n) is 16.3. The van der Waals surface area contributed by atoms with Crippen molar-refractivity contribution in [2.24, 2.45) is 0 Å². The lowest BCUT2D eigenvalue weighted by atomic mass is 10.1. The molecule has 7 nitrogen and oxygen atoms in total. The van der Waals surface area contributed by atoms with E-state index in [4.69, 9.17) is 9.47 Å². The number of aryl methyl sites for hydroxylation is 1. The monoisotopic (exact) mass is 450 g/mol. The lowest BCUT2D eigenvalue weighted by Crippen LogP contribution is -2.38. The van der Waals surface area contributed by atoms with Crippen LogP contribution in [0, 0.1) is 6.92 Å². The molecule has 152 valence electrons. The minimum Gasteiger partial charge on any atom is -0.492 e. The van der Waals surface area contributed by atoms with E-state index in [1.54, 1.807) is 0 Å². The van der Waals surface area contributed by atoms with Crippen LogP contribution < -0.4 is 10.1 Å². The number of halogens is 1. The van der Waals surface area contributed by atoms with Crippen molar-refractivity contribution in [1.82, 2.24) is 20.4 Å². The van der Waals surface area contributed by atoms with Gasteiger partial charge in [-0.2, -0.15) is 5.10 Å². The predicted octanol–water partition coefficient (Wildman–Crippen LogP) is 2.90. The van der Waals surface area contributed by atoms with Gasteiger partial charge in [-0.15, -0.1) is 0 Å². The minimum absolute atomic E-state index is 0.222. The van der Waals surface area contributed by atoms with Crippen LogP contribution in [0.3, 0.4) is 0 Å². The SMILES string of the molecule is Cc1[nH]nc(C(=O)NCc2cccc(OCCN(C)C3CCOCC3)c2)c1Br. The summed E-state index contributed by atoms with van der Waals surface area (Å²) in [6.45, 7) is 5.46. The molecule has 1 fully saturated rings. The summed E-state index contributed by atoms with van der Waals surface area (Å²) >= 11 is 3.37. The number of aromatic nitrogens is 2. The van der Waals surface area contributed by atoms with Crippen LogP contribution >= 0.6 is 15.9 Å². The first kappa shape index (κ1) is 20.8. The third kappa shape index (κ3) is 5.56. The van der Waals surface area contributed by atoms with Gasteiger partial charge in [-0.1, -0.05) is 12.1 Å². The number of hydrogen-bond donors (Lipinski definition) is 2. The number of hydrogen-bond acceptors (Lipinski definition) is 5. The zero-order valence-corrected chi connectivity index (χ0v) is 17.9. The average molecular weight is 451 g/mol. The number of carbonyl (C=O) groups excluding carboxylic acids is 1. The second kappa shape index (κ2) is 10.0. The average Bonchev–Trinajstić information content (AvgIpc) is 3.06. The van der Waals surface area contributed by atoms with E-state index >= 15 is 0 Å². The molecule has 28 heavy (non-hydrogen) atoms. The van der Waals surface area contributed by atoms with E-state index in [1.165, 1.54) is 0 Å². The van der Waals surface area contributed by atoms with E-state index in [1.807, 2.05) is 31.2 Å². The van der Waals surface area contributed by atoms with Crippen molar-refractivity contribution in [3.63, 3.8) is 0 Å². The first-order chi connectivity index (χ1) is 13.5. The van der Waals surface area contributed by atoms with E-state index in [2.05, 4.69) is 43.4 Å². The van der Waals surface area contributed by atoms with Crippen LogP contribution in [0.15, 0.2) is 28.7 Å². The number of rotatable bonds is 8. The lowest BCUT2D eigenvalue weighted by Gasteiger charge is -2.31. The third-order valence-corrected chi connectivity index (χ3v) is 5.94. The maximum absolute atomic E-state index is 12.3. The Morgan fingerprint density at radius 3 is 2.93 bits per heavy atom. The second-order valence-corrected chi connectivity index (χ2v) is 7.81. The number of likely N-dealkylation sites (N-methyl/N-ethyl adjacent to an activating group) is 1. The lowest BCUT2D eigenvalue weighted by molar-refractivity contribution is 0.0392. The van der Waals surface area contributed by atoms with Crippen molar-refractivity contribution in [3.05, 3.63) is 45.7 Å². The quantitative estimate of drug-likeness (QED) is 0.646. The molecule has 2 aromatic rings. The molecular weight excluding hydrogens is 424 g/mol. The summed E-state index contributed by atoms with van der Waals surface area (Å²) in [5, 5.41) is 9.70.